The number of benzene rings is 3. The molecular weight excluding hydrogens is 474 g/mol. The molecule has 0 amide bonds. The fraction of sp³-hybridized carbons (Fsp3) is 0.0400. The van der Waals surface area contributed by atoms with E-state index >= 15 is 0 Å². The normalized spacial score (nSPS) is 11.0. The number of hydrogen-bond acceptors (Lipinski definition) is 4. The third kappa shape index (κ3) is 3.65. The maximum atomic E-state index is 5.36. The van der Waals surface area contributed by atoms with Crippen LogP contribution in [-0.4, -0.2) is 7.11 Å². The van der Waals surface area contributed by atoms with Gasteiger partial charge in [-0.05, 0) is 71.1 Å². The molecule has 0 unspecified atom stereocenters. The van der Waals surface area contributed by atoms with Gasteiger partial charge in [-0.2, -0.15) is 0 Å². The molecule has 5 aromatic rings. The number of methoxy groups -OCH3 is 1. The van der Waals surface area contributed by atoms with Crippen LogP contribution in [-0.2, 0) is 0 Å². The topological polar surface area (TPSA) is 12.5 Å². The molecule has 0 aliphatic rings. The Morgan fingerprint density at radius 3 is 1.97 bits per heavy atom. The highest BCUT2D eigenvalue weighted by molar-refractivity contribution is 9.10. The third-order valence-electron chi connectivity index (χ3n) is 5.03. The molecule has 0 bridgehead atoms. The van der Waals surface area contributed by atoms with Crippen LogP contribution in [0.3, 0.4) is 0 Å². The summed E-state index contributed by atoms with van der Waals surface area (Å²) in [6.45, 7) is 0. The van der Waals surface area contributed by atoms with Crippen LogP contribution in [0.4, 0.5) is 17.1 Å². The van der Waals surface area contributed by atoms with E-state index in [0.717, 1.165) is 21.6 Å². The molecule has 0 saturated heterocycles. The van der Waals surface area contributed by atoms with E-state index in [9.17, 15) is 0 Å². The molecule has 0 atom stereocenters. The highest BCUT2D eigenvalue weighted by Gasteiger charge is 2.17. The van der Waals surface area contributed by atoms with Crippen molar-refractivity contribution >= 4 is 65.1 Å². The Hall–Kier alpha value is -2.60. The summed E-state index contributed by atoms with van der Waals surface area (Å²) in [5.74, 6) is 0.857. The second kappa shape index (κ2) is 8.26. The Balaban J connectivity index is 1.59. The fourth-order valence-corrected chi connectivity index (χ4v) is 5.84. The van der Waals surface area contributed by atoms with Crippen molar-refractivity contribution in [1.82, 2.24) is 0 Å². The second-order valence-corrected chi connectivity index (χ2v) is 9.57. The molecule has 2 aromatic heterocycles. The molecule has 0 aliphatic heterocycles. The Bertz CT molecular complexity index is 1270. The molecule has 2 heterocycles. The predicted molar refractivity (Wildman–Crippen MR) is 134 cm³/mol. The minimum atomic E-state index is 0.857. The van der Waals surface area contributed by atoms with Crippen molar-refractivity contribution in [3.8, 4) is 16.9 Å². The van der Waals surface area contributed by atoms with Crippen molar-refractivity contribution in [2.45, 2.75) is 0 Å². The van der Waals surface area contributed by atoms with Gasteiger partial charge in [0.2, 0.25) is 0 Å². The predicted octanol–water partition coefficient (Wildman–Crippen LogP) is 8.87. The maximum absolute atomic E-state index is 5.36. The van der Waals surface area contributed by atoms with E-state index in [1.807, 2.05) is 12.1 Å². The van der Waals surface area contributed by atoms with E-state index in [-0.39, 0.29) is 0 Å². The standard InChI is InChI=1S/C25H18BrNOS2/c1-28-22-12-10-21(11-13-22)27(23-16-30-24-14-15-29-25(23)24)20-8-4-18(5-9-20)17-2-6-19(26)7-3-17/h2-16H,1H3. The molecule has 30 heavy (non-hydrogen) atoms. The quantitative estimate of drug-likeness (QED) is 0.243. The van der Waals surface area contributed by atoms with E-state index < -0.39 is 0 Å². The van der Waals surface area contributed by atoms with E-state index in [1.165, 1.54) is 26.2 Å². The lowest BCUT2D eigenvalue weighted by atomic mass is 10.1. The minimum Gasteiger partial charge on any atom is -0.497 e. The van der Waals surface area contributed by atoms with Gasteiger partial charge < -0.3 is 9.64 Å². The SMILES string of the molecule is COc1ccc(N(c2ccc(-c3ccc(Br)cc3)cc2)c2csc3ccsc23)cc1. The van der Waals surface area contributed by atoms with Crippen LogP contribution in [0.2, 0.25) is 0 Å². The van der Waals surface area contributed by atoms with Crippen molar-refractivity contribution in [3.05, 3.63) is 94.1 Å². The van der Waals surface area contributed by atoms with Crippen molar-refractivity contribution in [3.63, 3.8) is 0 Å². The summed E-state index contributed by atoms with van der Waals surface area (Å²) in [4.78, 5) is 2.32. The molecular formula is C25H18BrNOS2. The zero-order valence-corrected chi connectivity index (χ0v) is 19.4. The monoisotopic (exact) mass is 491 g/mol. The van der Waals surface area contributed by atoms with Crippen molar-refractivity contribution in [1.29, 1.82) is 0 Å². The average molecular weight is 492 g/mol. The number of ether oxygens (including phenoxy) is 1. The van der Waals surface area contributed by atoms with Gasteiger partial charge in [-0.1, -0.05) is 40.2 Å². The summed E-state index contributed by atoms with van der Waals surface area (Å²) >= 11 is 7.08. The third-order valence-corrected chi connectivity index (χ3v) is 7.56. The lowest BCUT2D eigenvalue weighted by Gasteiger charge is -2.25. The summed E-state index contributed by atoms with van der Waals surface area (Å²) in [7, 11) is 1.70. The van der Waals surface area contributed by atoms with E-state index in [0.29, 0.717) is 0 Å². The van der Waals surface area contributed by atoms with Crippen LogP contribution >= 0.6 is 38.6 Å². The van der Waals surface area contributed by atoms with Gasteiger partial charge in [0.05, 0.1) is 17.5 Å². The average Bonchev–Trinajstić information content (AvgIpc) is 3.41. The molecule has 5 rings (SSSR count). The first-order valence-electron chi connectivity index (χ1n) is 9.48. The molecule has 3 aromatic carbocycles. The number of anilines is 3. The summed E-state index contributed by atoms with van der Waals surface area (Å²) < 4.78 is 9.08. The molecule has 5 heteroatoms. The zero-order chi connectivity index (χ0) is 20.5. The first-order valence-corrected chi connectivity index (χ1v) is 12.0. The Labute approximate surface area is 192 Å². The number of thiophene rings is 2. The van der Waals surface area contributed by atoms with Gasteiger partial charge in [0.15, 0.2) is 0 Å². The van der Waals surface area contributed by atoms with Crippen molar-refractivity contribution in [2.75, 3.05) is 12.0 Å². The van der Waals surface area contributed by atoms with Crippen LogP contribution in [0, 0.1) is 0 Å². The molecule has 0 spiro atoms. The Morgan fingerprint density at radius 1 is 0.733 bits per heavy atom. The second-order valence-electron chi connectivity index (χ2n) is 6.82. The van der Waals surface area contributed by atoms with Gasteiger partial charge in [0, 0.05) is 25.9 Å². The van der Waals surface area contributed by atoms with E-state index in [2.05, 4.69) is 98.3 Å². The summed E-state index contributed by atoms with van der Waals surface area (Å²) in [5, 5.41) is 4.40. The molecule has 0 radical (unpaired) electrons. The summed E-state index contributed by atoms with van der Waals surface area (Å²) in [6, 6.07) is 27.6. The molecule has 0 saturated carbocycles. The minimum absolute atomic E-state index is 0.857. The number of nitrogens with zero attached hydrogens (tertiary/aromatic N) is 1. The summed E-state index contributed by atoms with van der Waals surface area (Å²) in [5.41, 5.74) is 5.87. The molecule has 2 nitrogen and oxygen atoms in total. The van der Waals surface area contributed by atoms with Gasteiger partial charge in [0.1, 0.15) is 5.75 Å². The van der Waals surface area contributed by atoms with E-state index in [4.69, 9.17) is 4.74 Å². The van der Waals surface area contributed by atoms with Gasteiger partial charge in [0.25, 0.3) is 0 Å². The fourth-order valence-electron chi connectivity index (χ4n) is 3.51. The van der Waals surface area contributed by atoms with Gasteiger partial charge in [-0.3, -0.25) is 0 Å². The molecule has 0 N–H and O–H groups in total. The van der Waals surface area contributed by atoms with Crippen LogP contribution < -0.4 is 9.64 Å². The maximum Gasteiger partial charge on any atom is 0.119 e. The summed E-state index contributed by atoms with van der Waals surface area (Å²) in [6.07, 6.45) is 0. The first kappa shape index (κ1) is 19.4. The highest BCUT2D eigenvalue weighted by Crippen LogP contribution is 2.44. The smallest absolute Gasteiger partial charge is 0.119 e. The highest BCUT2D eigenvalue weighted by atomic mass is 79.9. The van der Waals surface area contributed by atoms with Crippen molar-refractivity contribution in [2.24, 2.45) is 0 Å². The van der Waals surface area contributed by atoms with E-state index in [1.54, 1.807) is 29.8 Å². The number of halogens is 1. The first-order chi connectivity index (χ1) is 14.7. The molecule has 0 fully saturated rings. The number of rotatable bonds is 5. The van der Waals surface area contributed by atoms with Crippen molar-refractivity contribution < 1.29 is 4.74 Å². The van der Waals surface area contributed by atoms with Gasteiger partial charge >= 0.3 is 0 Å². The van der Waals surface area contributed by atoms with Crippen LogP contribution in [0.25, 0.3) is 20.5 Å². The largest absolute Gasteiger partial charge is 0.497 e. The Morgan fingerprint density at radius 2 is 1.33 bits per heavy atom. The van der Waals surface area contributed by atoms with Crippen LogP contribution in [0.5, 0.6) is 5.75 Å². The van der Waals surface area contributed by atoms with Gasteiger partial charge in [-0.15, -0.1) is 22.7 Å². The lowest BCUT2D eigenvalue weighted by molar-refractivity contribution is 0.415. The van der Waals surface area contributed by atoms with Gasteiger partial charge in [-0.25, -0.2) is 0 Å². The Kier molecular flexibility index (Phi) is 5.34. The zero-order valence-electron chi connectivity index (χ0n) is 16.2. The lowest BCUT2D eigenvalue weighted by Crippen LogP contribution is -2.09. The molecule has 0 aliphatic carbocycles. The molecule has 148 valence electrons. The van der Waals surface area contributed by atoms with Crippen LogP contribution in [0.1, 0.15) is 0 Å². The number of hydrogen-bond donors (Lipinski definition) is 0. The van der Waals surface area contributed by atoms with Crippen LogP contribution in [0.15, 0.2) is 94.1 Å². The number of fused-ring (bicyclic) bond motifs is 1.